The monoisotopic (exact) mass is 384 g/mol. The van der Waals surface area contributed by atoms with Crippen molar-refractivity contribution < 1.29 is 23.1 Å². The number of carbonyl (C=O) groups is 2. The molecule has 1 aliphatic heterocycles. The second-order valence-corrected chi connectivity index (χ2v) is 9.35. The third-order valence-electron chi connectivity index (χ3n) is 5.01. The molecule has 0 radical (unpaired) electrons. The molecule has 0 bridgehead atoms. The van der Waals surface area contributed by atoms with Crippen LogP contribution >= 0.6 is 0 Å². The molecule has 144 valence electrons. The number of carbonyl (C=O) groups excluding carboxylic acids is 2. The summed E-state index contributed by atoms with van der Waals surface area (Å²) in [6.07, 6.45) is 3.96. The van der Waals surface area contributed by atoms with Crippen molar-refractivity contribution in [2.24, 2.45) is 5.92 Å². The molecule has 26 heavy (non-hydrogen) atoms. The minimum atomic E-state index is -2.97. The Morgan fingerprint density at radius 2 is 1.92 bits per heavy atom. The fourth-order valence-electron chi connectivity index (χ4n) is 3.53. The standard InChI is InChI=1S/C16H24N4O5S/c21-14-9-11(16(23)18-12-2-6-26(24,25)7-3-12)8-13(14)19-15(22)10-20-5-1-4-17-20/h1,4-5,11-14,21H,2-3,6-10H2,(H,18,23)(H,19,22)/t11-,13+,14+/m0/s1. The van der Waals surface area contributed by atoms with Crippen LogP contribution in [0.3, 0.4) is 0 Å². The van der Waals surface area contributed by atoms with E-state index >= 15 is 0 Å². The largest absolute Gasteiger partial charge is 0.391 e. The predicted molar refractivity (Wildman–Crippen MR) is 92.7 cm³/mol. The van der Waals surface area contributed by atoms with Crippen molar-refractivity contribution in [1.82, 2.24) is 20.4 Å². The zero-order valence-corrected chi connectivity index (χ0v) is 15.2. The number of rotatable bonds is 5. The molecule has 1 saturated carbocycles. The SMILES string of the molecule is O=C(Cn1cccn1)N[C@@H]1C[C@H](C(=O)NC2CCS(=O)(=O)CC2)C[C@H]1O. The molecule has 9 nitrogen and oxygen atoms in total. The van der Waals surface area contributed by atoms with Crippen LogP contribution in [0.4, 0.5) is 0 Å². The zero-order valence-electron chi connectivity index (χ0n) is 14.4. The maximum absolute atomic E-state index is 12.4. The van der Waals surface area contributed by atoms with Gasteiger partial charge in [-0.2, -0.15) is 5.10 Å². The number of amides is 2. The van der Waals surface area contributed by atoms with Crippen molar-refractivity contribution in [2.75, 3.05) is 11.5 Å². The first-order chi connectivity index (χ1) is 12.3. The van der Waals surface area contributed by atoms with Gasteiger partial charge in [-0.05, 0) is 31.7 Å². The molecule has 2 amide bonds. The molecule has 1 saturated heterocycles. The molecule has 1 aliphatic carbocycles. The lowest BCUT2D eigenvalue weighted by Crippen LogP contribution is -2.43. The van der Waals surface area contributed by atoms with Crippen LogP contribution < -0.4 is 10.6 Å². The average Bonchev–Trinajstić information content (AvgIpc) is 3.20. The number of hydrogen-bond acceptors (Lipinski definition) is 6. The summed E-state index contributed by atoms with van der Waals surface area (Å²) in [5, 5.41) is 19.8. The summed E-state index contributed by atoms with van der Waals surface area (Å²) in [5.74, 6) is -0.652. The van der Waals surface area contributed by atoms with Crippen LogP contribution in [0.5, 0.6) is 0 Å². The Labute approximate surface area is 152 Å². The number of nitrogens with one attached hydrogen (secondary N) is 2. The van der Waals surface area contributed by atoms with Crippen molar-refractivity contribution in [2.45, 2.75) is 50.4 Å². The van der Waals surface area contributed by atoms with Crippen LogP contribution in [0.2, 0.25) is 0 Å². The molecule has 2 aliphatic rings. The van der Waals surface area contributed by atoms with E-state index in [-0.39, 0.29) is 42.3 Å². The Morgan fingerprint density at radius 3 is 2.58 bits per heavy atom. The molecule has 0 aromatic carbocycles. The number of aromatic nitrogens is 2. The fourth-order valence-corrected chi connectivity index (χ4v) is 5.02. The molecule has 10 heteroatoms. The summed E-state index contributed by atoms with van der Waals surface area (Å²) in [6.45, 7) is 0.0592. The third-order valence-corrected chi connectivity index (χ3v) is 6.73. The summed E-state index contributed by atoms with van der Waals surface area (Å²) in [4.78, 5) is 24.4. The van der Waals surface area contributed by atoms with Crippen LogP contribution in [-0.2, 0) is 26.0 Å². The van der Waals surface area contributed by atoms with Gasteiger partial charge < -0.3 is 15.7 Å². The summed E-state index contributed by atoms with van der Waals surface area (Å²) in [5.41, 5.74) is 0. The van der Waals surface area contributed by atoms with Gasteiger partial charge in [0.1, 0.15) is 16.4 Å². The van der Waals surface area contributed by atoms with Gasteiger partial charge in [-0.15, -0.1) is 0 Å². The molecule has 3 atom stereocenters. The Morgan fingerprint density at radius 1 is 1.19 bits per heavy atom. The van der Waals surface area contributed by atoms with Gasteiger partial charge in [0, 0.05) is 24.4 Å². The minimum absolute atomic E-state index is 0.0592. The van der Waals surface area contributed by atoms with Gasteiger partial charge in [-0.1, -0.05) is 0 Å². The first-order valence-corrected chi connectivity index (χ1v) is 10.6. The van der Waals surface area contributed by atoms with Crippen molar-refractivity contribution in [3.8, 4) is 0 Å². The summed E-state index contributed by atoms with van der Waals surface area (Å²) in [7, 11) is -2.97. The van der Waals surface area contributed by atoms with Crippen molar-refractivity contribution in [3.05, 3.63) is 18.5 Å². The topological polar surface area (TPSA) is 130 Å². The van der Waals surface area contributed by atoms with Gasteiger partial charge >= 0.3 is 0 Å². The molecule has 0 spiro atoms. The van der Waals surface area contributed by atoms with Gasteiger partial charge in [0.05, 0.1) is 23.7 Å². The maximum atomic E-state index is 12.4. The van der Waals surface area contributed by atoms with E-state index in [1.54, 1.807) is 18.5 Å². The van der Waals surface area contributed by atoms with Gasteiger partial charge in [0.2, 0.25) is 11.8 Å². The van der Waals surface area contributed by atoms with Gasteiger partial charge in [-0.3, -0.25) is 14.3 Å². The van der Waals surface area contributed by atoms with Crippen LogP contribution in [0, 0.1) is 5.92 Å². The van der Waals surface area contributed by atoms with Crippen LogP contribution in [-0.4, -0.2) is 64.8 Å². The van der Waals surface area contributed by atoms with E-state index in [1.165, 1.54) is 4.68 Å². The van der Waals surface area contributed by atoms with E-state index in [0.717, 1.165) is 0 Å². The molecule has 0 unspecified atom stereocenters. The lowest BCUT2D eigenvalue weighted by molar-refractivity contribution is -0.126. The van der Waals surface area contributed by atoms with E-state index in [4.69, 9.17) is 0 Å². The van der Waals surface area contributed by atoms with Gasteiger partial charge in [0.25, 0.3) is 0 Å². The fraction of sp³-hybridized carbons (Fsp3) is 0.688. The maximum Gasteiger partial charge on any atom is 0.242 e. The Hall–Kier alpha value is -1.94. The molecule has 3 N–H and O–H groups in total. The van der Waals surface area contributed by atoms with Crippen molar-refractivity contribution in [3.63, 3.8) is 0 Å². The lowest BCUT2D eigenvalue weighted by Gasteiger charge is -2.24. The summed E-state index contributed by atoms with van der Waals surface area (Å²) >= 11 is 0. The molecule has 1 aromatic heterocycles. The zero-order chi connectivity index (χ0) is 18.7. The highest BCUT2D eigenvalue weighted by Gasteiger charge is 2.38. The first-order valence-electron chi connectivity index (χ1n) is 8.78. The molecule has 1 aromatic rings. The highest BCUT2D eigenvalue weighted by Crippen LogP contribution is 2.27. The molecule has 3 rings (SSSR count). The summed E-state index contributed by atoms with van der Waals surface area (Å²) < 4.78 is 24.4. The van der Waals surface area contributed by atoms with Crippen LogP contribution in [0.25, 0.3) is 0 Å². The Balaban J connectivity index is 1.46. The van der Waals surface area contributed by atoms with E-state index < -0.39 is 27.9 Å². The van der Waals surface area contributed by atoms with Crippen molar-refractivity contribution >= 4 is 21.7 Å². The van der Waals surface area contributed by atoms with E-state index in [2.05, 4.69) is 15.7 Å². The first kappa shape index (κ1) is 18.8. The second kappa shape index (κ2) is 7.75. The van der Waals surface area contributed by atoms with E-state index in [0.29, 0.717) is 19.3 Å². The smallest absolute Gasteiger partial charge is 0.242 e. The van der Waals surface area contributed by atoms with E-state index in [9.17, 15) is 23.1 Å². The van der Waals surface area contributed by atoms with Crippen LogP contribution in [0.1, 0.15) is 25.7 Å². The number of nitrogens with zero attached hydrogens (tertiary/aromatic N) is 2. The normalized spacial score (nSPS) is 28.6. The predicted octanol–water partition coefficient (Wildman–Crippen LogP) is -1.17. The Kier molecular flexibility index (Phi) is 5.61. The Bertz CT molecular complexity index is 735. The van der Waals surface area contributed by atoms with Crippen molar-refractivity contribution in [1.29, 1.82) is 0 Å². The number of aliphatic hydroxyl groups is 1. The van der Waals surface area contributed by atoms with Crippen LogP contribution in [0.15, 0.2) is 18.5 Å². The second-order valence-electron chi connectivity index (χ2n) is 7.05. The van der Waals surface area contributed by atoms with Gasteiger partial charge in [0.15, 0.2) is 0 Å². The van der Waals surface area contributed by atoms with Gasteiger partial charge in [-0.25, -0.2) is 8.42 Å². The third kappa shape index (κ3) is 4.82. The molecule has 2 heterocycles. The number of aliphatic hydroxyl groups excluding tert-OH is 1. The van der Waals surface area contributed by atoms with E-state index in [1.807, 2.05) is 0 Å². The number of sulfone groups is 1. The minimum Gasteiger partial charge on any atom is -0.391 e. The number of hydrogen-bond donors (Lipinski definition) is 3. The molecular weight excluding hydrogens is 360 g/mol. The quantitative estimate of drug-likeness (QED) is 0.587. The highest BCUT2D eigenvalue weighted by atomic mass is 32.2. The average molecular weight is 384 g/mol. The summed E-state index contributed by atoms with van der Waals surface area (Å²) in [6, 6.07) is 1.10. The molecular formula is C16H24N4O5S. The highest BCUT2D eigenvalue weighted by molar-refractivity contribution is 7.91. The lowest BCUT2D eigenvalue weighted by atomic mass is 10.1. The molecule has 2 fully saturated rings.